The Balaban J connectivity index is 1.95. The largest absolute Gasteiger partial charge is 0.472 e. The van der Waals surface area contributed by atoms with Crippen molar-refractivity contribution in [1.29, 1.82) is 0 Å². The molecule has 0 fully saturated rings. The summed E-state index contributed by atoms with van der Waals surface area (Å²) in [5.41, 5.74) is -1.94. The molecule has 3 aromatic rings. The molecule has 11 heteroatoms. The van der Waals surface area contributed by atoms with Crippen molar-refractivity contribution < 1.29 is 36.3 Å². The van der Waals surface area contributed by atoms with Crippen molar-refractivity contribution in [3.05, 3.63) is 89.4 Å². The first kappa shape index (κ1) is 25.0. The SMILES string of the molecule is COC(=O)[C@H](C)NC(=O)C1(C)C(c2ccoc2)C(c2ccc(F)cc2F)=NN1c1ccc(F)cc1F. The fourth-order valence-corrected chi connectivity index (χ4v) is 4.25. The van der Waals surface area contributed by atoms with Crippen LogP contribution in [0.15, 0.2) is 64.5 Å². The standard InChI is InChI=1S/C25H21F4N3O4/c1-13(23(33)35-3)30-24(34)25(2)21(14-8-9-36-12-14)22(17-6-4-15(26)10-18(17)28)31-32(25)20-7-5-16(27)11-19(20)29/h4-13,21H,1-3H3,(H,30,34)/t13-,21?,25?/m0/s1. The number of nitrogens with one attached hydrogen (secondary N) is 1. The number of amides is 1. The molecule has 0 radical (unpaired) electrons. The van der Waals surface area contributed by atoms with E-state index in [0.29, 0.717) is 17.7 Å². The number of furan rings is 1. The van der Waals surface area contributed by atoms with Crippen LogP contribution in [0.1, 0.15) is 30.9 Å². The first-order valence-electron chi connectivity index (χ1n) is 10.8. The van der Waals surface area contributed by atoms with Crippen LogP contribution in [-0.2, 0) is 14.3 Å². The summed E-state index contributed by atoms with van der Waals surface area (Å²) in [5, 5.41) is 7.92. The quantitative estimate of drug-likeness (QED) is 0.401. The highest BCUT2D eigenvalue weighted by atomic mass is 19.1. The second-order valence-electron chi connectivity index (χ2n) is 8.37. The van der Waals surface area contributed by atoms with Crippen molar-refractivity contribution in [3.63, 3.8) is 0 Å². The van der Waals surface area contributed by atoms with Crippen molar-refractivity contribution in [2.45, 2.75) is 31.3 Å². The van der Waals surface area contributed by atoms with Crippen LogP contribution in [-0.4, -0.2) is 36.3 Å². The Hall–Kier alpha value is -4.15. The zero-order valence-corrected chi connectivity index (χ0v) is 19.4. The predicted octanol–water partition coefficient (Wildman–Crippen LogP) is 4.28. The van der Waals surface area contributed by atoms with Crippen LogP contribution in [0.3, 0.4) is 0 Å². The summed E-state index contributed by atoms with van der Waals surface area (Å²) in [5.74, 6) is -6.32. The van der Waals surface area contributed by atoms with Crippen LogP contribution in [0, 0.1) is 23.3 Å². The zero-order chi connectivity index (χ0) is 26.2. The molecule has 2 aromatic carbocycles. The van der Waals surface area contributed by atoms with Gasteiger partial charge in [-0.3, -0.25) is 4.79 Å². The van der Waals surface area contributed by atoms with E-state index in [1.165, 1.54) is 32.4 Å². The fraction of sp³-hybridized carbons (Fsp3) is 0.240. The minimum absolute atomic E-state index is 0.0407. The molecule has 7 nitrogen and oxygen atoms in total. The summed E-state index contributed by atoms with van der Waals surface area (Å²) in [7, 11) is 1.15. The van der Waals surface area contributed by atoms with Crippen molar-refractivity contribution in [2.24, 2.45) is 5.10 Å². The normalized spacial score (nSPS) is 20.1. The van der Waals surface area contributed by atoms with Gasteiger partial charge in [0.2, 0.25) is 5.91 Å². The van der Waals surface area contributed by atoms with E-state index in [4.69, 9.17) is 4.42 Å². The Labute approximate surface area is 203 Å². The maximum absolute atomic E-state index is 15.0. The maximum Gasteiger partial charge on any atom is 0.328 e. The average Bonchev–Trinajstić information content (AvgIpc) is 3.45. The molecule has 1 amide bonds. The molecule has 1 N–H and O–H groups in total. The van der Waals surface area contributed by atoms with E-state index < -0.39 is 52.6 Å². The fourth-order valence-electron chi connectivity index (χ4n) is 4.25. The molecule has 1 aromatic heterocycles. The number of nitrogens with zero attached hydrogens (tertiary/aromatic N) is 2. The second-order valence-corrected chi connectivity index (χ2v) is 8.37. The van der Waals surface area contributed by atoms with Gasteiger partial charge in [0, 0.05) is 23.3 Å². The van der Waals surface area contributed by atoms with E-state index in [1.54, 1.807) is 0 Å². The van der Waals surface area contributed by atoms with Crippen molar-refractivity contribution in [3.8, 4) is 0 Å². The van der Waals surface area contributed by atoms with E-state index in [1.807, 2.05) is 0 Å². The number of benzene rings is 2. The minimum atomic E-state index is -1.83. The van der Waals surface area contributed by atoms with Gasteiger partial charge >= 0.3 is 5.97 Å². The molecule has 2 unspecified atom stereocenters. The first-order valence-corrected chi connectivity index (χ1v) is 10.8. The molecule has 0 saturated carbocycles. The molecule has 188 valence electrons. The van der Waals surface area contributed by atoms with Crippen molar-refractivity contribution in [1.82, 2.24) is 5.32 Å². The number of ether oxygens (including phenoxy) is 1. The van der Waals surface area contributed by atoms with E-state index in [2.05, 4.69) is 15.2 Å². The van der Waals surface area contributed by atoms with Gasteiger partial charge in [-0.1, -0.05) is 0 Å². The lowest BCUT2D eigenvalue weighted by atomic mass is 9.76. The van der Waals surface area contributed by atoms with Crippen LogP contribution < -0.4 is 10.3 Å². The smallest absolute Gasteiger partial charge is 0.328 e. The molecule has 36 heavy (non-hydrogen) atoms. The number of esters is 1. The number of halogens is 4. The maximum atomic E-state index is 15.0. The third-order valence-electron chi connectivity index (χ3n) is 6.07. The van der Waals surface area contributed by atoms with Crippen LogP contribution in [0.4, 0.5) is 23.2 Å². The van der Waals surface area contributed by atoms with Crippen LogP contribution >= 0.6 is 0 Å². The zero-order valence-electron chi connectivity index (χ0n) is 19.4. The Bertz CT molecular complexity index is 1350. The highest BCUT2D eigenvalue weighted by Crippen LogP contribution is 2.46. The molecule has 0 saturated heterocycles. The molecule has 2 heterocycles. The highest BCUT2D eigenvalue weighted by Gasteiger charge is 2.56. The molecule has 0 bridgehead atoms. The molecule has 1 aliphatic rings. The van der Waals surface area contributed by atoms with Gasteiger partial charge in [0.1, 0.15) is 23.5 Å². The molecule has 3 atom stereocenters. The third kappa shape index (κ3) is 4.21. The van der Waals surface area contributed by atoms with Crippen LogP contribution in [0.25, 0.3) is 0 Å². The van der Waals surface area contributed by atoms with E-state index >= 15 is 0 Å². The van der Waals surface area contributed by atoms with Gasteiger partial charge in [0.05, 0.1) is 37.0 Å². The number of carbonyl (C=O) groups is 2. The monoisotopic (exact) mass is 503 g/mol. The average molecular weight is 503 g/mol. The lowest BCUT2D eigenvalue weighted by molar-refractivity contribution is -0.145. The lowest BCUT2D eigenvalue weighted by Crippen LogP contribution is -2.59. The van der Waals surface area contributed by atoms with Gasteiger partial charge in [-0.25, -0.2) is 27.4 Å². The summed E-state index contributed by atoms with van der Waals surface area (Å²) in [6.45, 7) is 2.80. The van der Waals surface area contributed by atoms with E-state index in [9.17, 15) is 27.2 Å². The Morgan fingerprint density at radius 3 is 2.33 bits per heavy atom. The van der Waals surface area contributed by atoms with Crippen LogP contribution in [0.2, 0.25) is 0 Å². The summed E-state index contributed by atoms with van der Waals surface area (Å²) < 4.78 is 67.2. The summed E-state index contributed by atoms with van der Waals surface area (Å²) >= 11 is 0. The molecule has 4 rings (SSSR count). The second kappa shape index (κ2) is 9.48. The van der Waals surface area contributed by atoms with Crippen molar-refractivity contribution >= 4 is 23.3 Å². The highest BCUT2D eigenvalue weighted by molar-refractivity contribution is 6.14. The van der Waals surface area contributed by atoms with Gasteiger partial charge < -0.3 is 14.5 Å². The molecular weight excluding hydrogens is 482 g/mol. The Morgan fingerprint density at radius 2 is 1.75 bits per heavy atom. The number of hydrogen-bond donors (Lipinski definition) is 1. The number of carbonyl (C=O) groups excluding carboxylic acids is 2. The molecule has 0 aliphatic carbocycles. The van der Waals surface area contributed by atoms with Crippen molar-refractivity contribution in [2.75, 3.05) is 12.1 Å². The number of hydrazone groups is 1. The summed E-state index contributed by atoms with van der Waals surface area (Å²) in [6, 6.07) is 5.91. The minimum Gasteiger partial charge on any atom is -0.472 e. The molecular formula is C25H21F4N3O4. The summed E-state index contributed by atoms with van der Waals surface area (Å²) in [4.78, 5) is 25.8. The third-order valence-corrected chi connectivity index (χ3v) is 6.07. The van der Waals surface area contributed by atoms with Gasteiger partial charge in [0.15, 0.2) is 11.4 Å². The van der Waals surface area contributed by atoms with Gasteiger partial charge in [-0.05, 0) is 44.2 Å². The predicted molar refractivity (Wildman–Crippen MR) is 121 cm³/mol. The van der Waals surface area contributed by atoms with E-state index in [0.717, 1.165) is 36.4 Å². The van der Waals surface area contributed by atoms with Gasteiger partial charge in [-0.15, -0.1) is 0 Å². The number of hydrogen-bond acceptors (Lipinski definition) is 6. The number of methoxy groups -OCH3 is 1. The number of rotatable bonds is 6. The van der Waals surface area contributed by atoms with Gasteiger partial charge in [-0.2, -0.15) is 5.10 Å². The molecule has 1 aliphatic heterocycles. The summed E-state index contributed by atoms with van der Waals surface area (Å²) in [6.07, 6.45) is 2.63. The Kier molecular flexibility index (Phi) is 6.57. The molecule has 0 spiro atoms. The first-order chi connectivity index (χ1) is 17.1. The topological polar surface area (TPSA) is 84.1 Å². The number of anilines is 1. The Morgan fingerprint density at radius 1 is 1.08 bits per heavy atom. The van der Waals surface area contributed by atoms with Crippen LogP contribution in [0.5, 0.6) is 0 Å². The van der Waals surface area contributed by atoms with Gasteiger partial charge in [0.25, 0.3) is 0 Å². The van der Waals surface area contributed by atoms with E-state index in [-0.39, 0.29) is 17.0 Å². The lowest BCUT2D eigenvalue weighted by Gasteiger charge is -2.37.